The Hall–Kier alpha value is -3.52. The minimum absolute atomic E-state index is 0.0505. The second-order valence-electron chi connectivity index (χ2n) is 6.46. The zero-order valence-corrected chi connectivity index (χ0v) is 16.2. The van der Waals surface area contributed by atoms with Crippen LogP contribution in [0.4, 0.5) is 21.7 Å². The first-order valence-electron chi connectivity index (χ1n) is 8.80. The summed E-state index contributed by atoms with van der Waals surface area (Å²) >= 11 is 0. The Morgan fingerprint density at radius 2 is 1.48 bits per heavy atom. The largest absolute Gasteiger partial charge is 0.337 e. The molecule has 0 fully saturated rings. The maximum atomic E-state index is 13.2. The zero-order valence-electron chi connectivity index (χ0n) is 15.4. The minimum Gasteiger partial charge on any atom is -0.337 e. The lowest BCUT2D eigenvalue weighted by Gasteiger charge is -2.14. The molecule has 6 nitrogen and oxygen atoms in total. The quantitative estimate of drug-likeness (QED) is 0.503. The van der Waals surface area contributed by atoms with Gasteiger partial charge in [-0.15, -0.1) is 0 Å². The van der Waals surface area contributed by atoms with E-state index in [1.165, 1.54) is 12.1 Å². The molecule has 0 aliphatic heterocycles. The third-order valence-corrected chi connectivity index (χ3v) is 5.56. The summed E-state index contributed by atoms with van der Waals surface area (Å²) < 4.78 is 41.2. The van der Waals surface area contributed by atoms with E-state index < -0.39 is 15.8 Å². The van der Waals surface area contributed by atoms with Gasteiger partial charge in [0.15, 0.2) is 11.6 Å². The molecule has 0 unspecified atom stereocenters. The summed E-state index contributed by atoms with van der Waals surface area (Å²) in [6.45, 7) is 1.95. The van der Waals surface area contributed by atoms with Gasteiger partial charge in [0.1, 0.15) is 5.82 Å². The maximum absolute atomic E-state index is 13.2. The standard InChI is InChI=1S/C21H17FN4O2S/c1-14-5-4-6-16(13-14)23-20-21(25-19-8-3-2-7-18(19)24-20)26-29(27,28)17-11-9-15(22)10-12-17/h2-13H,1H3,(H,23,24)(H,25,26). The number of para-hydroxylation sites is 2. The van der Waals surface area contributed by atoms with E-state index in [0.717, 1.165) is 23.4 Å². The molecule has 0 atom stereocenters. The van der Waals surface area contributed by atoms with E-state index in [4.69, 9.17) is 0 Å². The number of sulfonamides is 1. The smallest absolute Gasteiger partial charge is 0.263 e. The molecule has 1 heterocycles. The van der Waals surface area contributed by atoms with Crippen LogP contribution in [0.3, 0.4) is 0 Å². The van der Waals surface area contributed by atoms with Crippen molar-refractivity contribution in [3.63, 3.8) is 0 Å². The average molecular weight is 408 g/mol. The monoisotopic (exact) mass is 408 g/mol. The van der Waals surface area contributed by atoms with Gasteiger partial charge in [0.25, 0.3) is 10.0 Å². The molecule has 2 N–H and O–H groups in total. The predicted molar refractivity (Wildman–Crippen MR) is 111 cm³/mol. The van der Waals surface area contributed by atoms with Crippen molar-refractivity contribution in [1.82, 2.24) is 9.97 Å². The number of aryl methyl sites for hydroxylation is 1. The first kappa shape index (κ1) is 18.8. The summed E-state index contributed by atoms with van der Waals surface area (Å²) in [5.41, 5.74) is 2.94. The van der Waals surface area contributed by atoms with Crippen LogP contribution in [0.5, 0.6) is 0 Å². The van der Waals surface area contributed by atoms with E-state index in [0.29, 0.717) is 11.0 Å². The molecule has 146 valence electrons. The van der Waals surface area contributed by atoms with Crippen molar-refractivity contribution < 1.29 is 12.8 Å². The van der Waals surface area contributed by atoms with Crippen LogP contribution in [0.25, 0.3) is 11.0 Å². The molecular formula is C21H17FN4O2S. The second-order valence-corrected chi connectivity index (χ2v) is 8.15. The number of nitrogens with zero attached hydrogens (tertiary/aromatic N) is 2. The zero-order chi connectivity index (χ0) is 20.4. The van der Waals surface area contributed by atoms with Crippen LogP contribution in [0.1, 0.15) is 5.56 Å². The Bertz CT molecular complexity index is 1290. The lowest BCUT2D eigenvalue weighted by Crippen LogP contribution is -2.16. The highest BCUT2D eigenvalue weighted by molar-refractivity contribution is 7.92. The Morgan fingerprint density at radius 1 is 0.828 bits per heavy atom. The van der Waals surface area contributed by atoms with Gasteiger partial charge in [-0.25, -0.2) is 22.8 Å². The van der Waals surface area contributed by atoms with Gasteiger partial charge in [0.2, 0.25) is 0 Å². The molecule has 8 heteroatoms. The van der Waals surface area contributed by atoms with Gasteiger partial charge in [-0.05, 0) is 61.0 Å². The highest BCUT2D eigenvalue weighted by atomic mass is 32.2. The van der Waals surface area contributed by atoms with Gasteiger partial charge in [-0.1, -0.05) is 24.3 Å². The molecule has 0 saturated carbocycles. The van der Waals surface area contributed by atoms with E-state index in [1.54, 1.807) is 18.2 Å². The topological polar surface area (TPSA) is 84.0 Å². The summed E-state index contributed by atoms with van der Waals surface area (Å²) in [5, 5.41) is 3.13. The first-order chi connectivity index (χ1) is 13.9. The lowest BCUT2D eigenvalue weighted by molar-refractivity contribution is 0.599. The highest BCUT2D eigenvalue weighted by Gasteiger charge is 2.19. The Labute approximate surface area is 167 Å². The van der Waals surface area contributed by atoms with Crippen LogP contribution < -0.4 is 10.0 Å². The number of rotatable bonds is 5. The summed E-state index contributed by atoms with van der Waals surface area (Å²) in [5.74, 6) is -0.203. The van der Waals surface area contributed by atoms with Gasteiger partial charge in [-0.2, -0.15) is 0 Å². The molecule has 0 bridgehead atoms. The van der Waals surface area contributed by atoms with Gasteiger partial charge >= 0.3 is 0 Å². The van der Waals surface area contributed by atoms with E-state index >= 15 is 0 Å². The molecule has 0 saturated heterocycles. The predicted octanol–water partition coefficient (Wildman–Crippen LogP) is 4.62. The minimum atomic E-state index is -3.98. The molecule has 0 aliphatic rings. The molecule has 29 heavy (non-hydrogen) atoms. The first-order valence-corrected chi connectivity index (χ1v) is 10.3. The number of anilines is 3. The lowest BCUT2D eigenvalue weighted by atomic mass is 10.2. The van der Waals surface area contributed by atoms with Crippen molar-refractivity contribution in [3.8, 4) is 0 Å². The third kappa shape index (κ3) is 4.17. The molecule has 0 spiro atoms. The van der Waals surface area contributed by atoms with Gasteiger partial charge < -0.3 is 5.32 Å². The molecule has 4 rings (SSSR count). The number of benzene rings is 3. The summed E-state index contributed by atoms with van der Waals surface area (Å²) in [6.07, 6.45) is 0. The van der Waals surface area contributed by atoms with Crippen molar-refractivity contribution in [3.05, 3.63) is 84.2 Å². The van der Waals surface area contributed by atoms with Crippen molar-refractivity contribution in [2.24, 2.45) is 0 Å². The molecule has 0 aliphatic carbocycles. The normalized spacial score (nSPS) is 11.4. The second kappa shape index (κ2) is 7.48. The van der Waals surface area contributed by atoms with Crippen LogP contribution in [0, 0.1) is 12.7 Å². The number of hydrogen-bond acceptors (Lipinski definition) is 5. The van der Waals surface area contributed by atoms with Gasteiger partial charge in [0, 0.05) is 5.69 Å². The van der Waals surface area contributed by atoms with Crippen molar-refractivity contribution >= 4 is 38.4 Å². The van der Waals surface area contributed by atoms with E-state index in [1.807, 2.05) is 37.3 Å². The van der Waals surface area contributed by atoms with Crippen LogP contribution in [-0.2, 0) is 10.0 Å². The Balaban J connectivity index is 1.78. The van der Waals surface area contributed by atoms with Gasteiger partial charge in [-0.3, -0.25) is 4.72 Å². The molecule has 0 radical (unpaired) electrons. The molecule has 0 amide bonds. The summed E-state index contributed by atoms with van der Waals surface area (Å²) in [4.78, 5) is 8.89. The van der Waals surface area contributed by atoms with E-state index in [9.17, 15) is 12.8 Å². The van der Waals surface area contributed by atoms with Crippen LogP contribution in [0.2, 0.25) is 0 Å². The van der Waals surface area contributed by atoms with Crippen molar-refractivity contribution in [1.29, 1.82) is 0 Å². The third-order valence-electron chi connectivity index (χ3n) is 4.21. The number of halogens is 1. The number of nitrogens with one attached hydrogen (secondary N) is 2. The Morgan fingerprint density at radius 3 is 2.14 bits per heavy atom. The van der Waals surface area contributed by atoms with Crippen molar-refractivity contribution in [2.45, 2.75) is 11.8 Å². The number of aromatic nitrogens is 2. The van der Waals surface area contributed by atoms with Crippen LogP contribution in [0.15, 0.2) is 77.7 Å². The summed E-state index contributed by atoms with van der Waals surface area (Å²) in [6, 6.07) is 19.3. The van der Waals surface area contributed by atoms with Crippen LogP contribution >= 0.6 is 0 Å². The number of hydrogen-bond donors (Lipinski definition) is 2. The van der Waals surface area contributed by atoms with Gasteiger partial charge in [0.05, 0.1) is 15.9 Å². The fourth-order valence-electron chi connectivity index (χ4n) is 2.82. The number of fused-ring (bicyclic) bond motifs is 1. The SMILES string of the molecule is Cc1cccc(Nc2nc3ccccc3nc2NS(=O)(=O)c2ccc(F)cc2)c1. The molecule has 3 aromatic carbocycles. The summed E-state index contributed by atoms with van der Waals surface area (Å²) in [7, 11) is -3.98. The van der Waals surface area contributed by atoms with Crippen molar-refractivity contribution in [2.75, 3.05) is 10.0 Å². The molecular weight excluding hydrogens is 391 g/mol. The van der Waals surface area contributed by atoms with E-state index in [-0.39, 0.29) is 16.5 Å². The Kier molecular flexibility index (Phi) is 4.85. The fraction of sp³-hybridized carbons (Fsp3) is 0.0476. The molecule has 4 aromatic rings. The van der Waals surface area contributed by atoms with E-state index in [2.05, 4.69) is 20.0 Å². The highest BCUT2D eigenvalue weighted by Crippen LogP contribution is 2.27. The average Bonchev–Trinajstić information content (AvgIpc) is 2.68. The molecule has 1 aromatic heterocycles. The fourth-order valence-corrected chi connectivity index (χ4v) is 3.83. The maximum Gasteiger partial charge on any atom is 0.263 e. The van der Waals surface area contributed by atoms with Crippen LogP contribution in [-0.4, -0.2) is 18.4 Å².